The van der Waals surface area contributed by atoms with Crippen molar-refractivity contribution in [2.45, 2.75) is 26.4 Å². The van der Waals surface area contributed by atoms with Gasteiger partial charge in [-0.05, 0) is 24.0 Å². The highest BCUT2D eigenvalue weighted by molar-refractivity contribution is 7.99. The molecule has 0 aromatic rings. The lowest BCUT2D eigenvalue weighted by Gasteiger charge is -2.13. The quantitative estimate of drug-likeness (QED) is 0.692. The molecule has 3 heteroatoms. The van der Waals surface area contributed by atoms with Crippen LogP contribution in [0.1, 0.15) is 20.3 Å². The second-order valence-electron chi connectivity index (χ2n) is 4.12. The van der Waals surface area contributed by atoms with Gasteiger partial charge in [0.05, 0.1) is 6.10 Å². The number of hydrogen-bond donors (Lipinski definition) is 1. The average Bonchev–Trinajstić information content (AvgIpc) is 2.45. The van der Waals surface area contributed by atoms with Gasteiger partial charge >= 0.3 is 0 Å². The first-order valence-electron chi connectivity index (χ1n) is 5.03. The van der Waals surface area contributed by atoms with Crippen molar-refractivity contribution in [3.63, 3.8) is 0 Å². The zero-order valence-corrected chi connectivity index (χ0v) is 9.35. The van der Waals surface area contributed by atoms with Crippen molar-refractivity contribution in [1.82, 2.24) is 0 Å². The molecule has 1 rings (SSSR count). The van der Waals surface area contributed by atoms with E-state index in [1.165, 1.54) is 0 Å². The summed E-state index contributed by atoms with van der Waals surface area (Å²) in [5.74, 6) is 3.10. The van der Waals surface area contributed by atoms with Crippen molar-refractivity contribution >= 4 is 11.8 Å². The summed E-state index contributed by atoms with van der Waals surface area (Å²) in [6, 6.07) is 0. The minimum absolute atomic E-state index is 0.0901. The Hall–Kier alpha value is 0.270. The van der Waals surface area contributed by atoms with Gasteiger partial charge < -0.3 is 9.84 Å². The van der Waals surface area contributed by atoms with E-state index in [-0.39, 0.29) is 6.10 Å². The molecule has 0 amide bonds. The third-order valence-electron chi connectivity index (χ3n) is 2.25. The Morgan fingerprint density at radius 2 is 2.23 bits per heavy atom. The van der Waals surface area contributed by atoms with Gasteiger partial charge in [-0.2, -0.15) is 11.8 Å². The smallest absolute Gasteiger partial charge is 0.0667 e. The van der Waals surface area contributed by atoms with Gasteiger partial charge in [0, 0.05) is 19.0 Å². The van der Waals surface area contributed by atoms with E-state index >= 15 is 0 Å². The number of aliphatic hydroxyl groups is 1. The Kier molecular flexibility index (Phi) is 5.14. The van der Waals surface area contributed by atoms with Gasteiger partial charge in [-0.1, -0.05) is 13.8 Å². The van der Waals surface area contributed by atoms with Crippen molar-refractivity contribution in [2.75, 3.05) is 24.7 Å². The number of hydrogen-bond acceptors (Lipinski definition) is 3. The first-order valence-corrected chi connectivity index (χ1v) is 6.19. The summed E-state index contributed by atoms with van der Waals surface area (Å²) >= 11 is 1.85. The molecule has 0 bridgehead atoms. The summed E-state index contributed by atoms with van der Waals surface area (Å²) in [6.07, 6.45) is 0.925. The monoisotopic (exact) mass is 204 g/mol. The van der Waals surface area contributed by atoms with Crippen LogP contribution < -0.4 is 0 Å². The fourth-order valence-corrected chi connectivity index (χ4v) is 2.76. The second kappa shape index (κ2) is 5.89. The molecule has 2 atom stereocenters. The minimum atomic E-state index is -0.0901. The third-order valence-corrected chi connectivity index (χ3v) is 3.49. The number of aliphatic hydroxyl groups excluding tert-OH is 1. The Labute approximate surface area is 85.0 Å². The van der Waals surface area contributed by atoms with Crippen molar-refractivity contribution in [1.29, 1.82) is 0 Å². The minimum Gasteiger partial charge on any atom is -0.392 e. The standard InChI is InChI=1S/C10H20O2S/c1-8(2)5-12-4-3-9-6-13-7-10(9)11/h8-11H,3-7H2,1-2H3. The molecular weight excluding hydrogens is 184 g/mol. The van der Waals surface area contributed by atoms with Gasteiger partial charge in [0.2, 0.25) is 0 Å². The average molecular weight is 204 g/mol. The molecule has 0 saturated carbocycles. The molecule has 1 saturated heterocycles. The first kappa shape index (κ1) is 11.3. The van der Waals surface area contributed by atoms with Crippen LogP contribution in [0.2, 0.25) is 0 Å². The fourth-order valence-electron chi connectivity index (χ4n) is 1.42. The molecule has 1 aliphatic rings. The summed E-state index contributed by atoms with van der Waals surface area (Å²) in [5, 5.41) is 9.52. The number of thioether (sulfide) groups is 1. The van der Waals surface area contributed by atoms with Gasteiger partial charge in [0.1, 0.15) is 0 Å². The van der Waals surface area contributed by atoms with E-state index < -0.39 is 0 Å². The SMILES string of the molecule is CC(C)COCCC1CSCC1O. The maximum absolute atomic E-state index is 9.52. The molecule has 78 valence electrons. The molecule has 0 aromatic heterocycles. The Morgan fingerprint density at radius 3 is 2.77 bits per heavy atom. The van der Waals surface area contributed by atoms with E-state index in [0.29, 0.717) is 11.8 Å². The van der Waals surface area contributed by atoms with Crippen molar-refractivity contribution in [2.24, 2.45) is 11.8 Å². The molecule has 1 fully saturated rings. The molecule has 13 heavy (non-hydrogen) atoms. The normalized spacial score (nSPS) is 28.6. The molecule has 2 unspecified atom stereocenters. The van der Waals surface area contributed by atoms with Gasteiger partial charge in [-0.15, -0.1) is 0 Å². The first-order chi connectivity index (χ1) is 6.20. The molecule has 0 aromatic carbocycles. The lowest BCUT2D eigenvalue weighted by atomic mass is 10.0. The number of rotatable bonds is 5. The van der Waals surface area contributed by atoms with Crippen LogP contribution >= 0.6 is 11.8 Å². The van der Waals surface area contributed by atoms with Crippen LogP contribution in [0.25, 0.3) is 0 Å². The zero-order valence-electron chi connectivity index (χ0n) is 8.53. The van der Waals surface area contributed by atoms with Crippen molar-refractivity contribution in [3.8, 4) is 0 Å². The van der Waals surface area contributed by atoms with E-state index in [9.17, 15) is 5.11 Å². The van der Waals surface area contributed by atoms with Crippen LogP contribution in [0.15, 0.2) is 0 Å². The highest BCUT2D eigenvalue weighted by Gasteiger charge is 2.25. The van der Waals surface area contributed by atoms with E-state index in [1.807, 2.05) is 11.8 Å². The second-order valence-corrected chi connectivity index (χ2v) is 5.20. The topological polar surface area (TPSA) is 29.5 Å². The van der Waals surface area contributed by atoms with Crippen molar-refractivity contribution < 1.29 is 9.84 Å². The predicted molar refractivity (Wildman–Crippen MR) is 57.1 cm³/mol. The van der Waals surface area contributed by atoms with E-state index in [2.05, 4.69) is 13.8 Å². The molecule has 1 aliphatic heterocycles. The molecule has 1 N–H and O–H groups in total. The highest BCUT2D eigenvalue weighted by atomic mass is 32.2. The lowest BCUT2D eigenvalue weighted by molar-refractivity contribution is 0.0759. The Balaban J connectivity index is 1.99. The summed E-state index contributed by atoms with van der Waals surface area (Å²) in [6.45, 7) is 5.96. The predicted octanol–water partition coefficient (Wildman–Crippen LogP) is 1.77. The van der Waals surface area contributed by atoms with E-state index in [0.717, 1.165) is 31.1 Å². The third kappa shape index (κ3) is 4.34. The summed E-state index contributed by atoms with van der Waals surface area (Å²) in [4.78, 5) is 0. The van der Waals surface area contributed by atoms with E-state index in [4.69, 9.17) is 4.74 Å². The van der Waals surface area contributed by atoms with Crippen LogP contribution in [0.4, 0.5) is 0 Å². The Bertz CT molecular complexity index is 139. The van der Waals surface area contributed by atoms with Crippen LogP contribution in [-0.4, -0.2) is 35.9 Å². The van der Waals surface area contributed by atoms with Crippen LogP contribution in [0.3, 0.4) is 0 Å². The van der Waals surface area contributed by atoms with Crippen LogP contribution in [0.5, 0.6) is 0 Å². The van der Waals surface area contributed by atoms with Gasteiger partial charge in [-0.3, -0.25) is 0 Å². The van der Waals surface area contributed by atoms with Gasteiger partial charge in [-0.25, -0.2) is 0 Å². The molecule has 0 spiro atoms. The van der Waals surface area contributed by atoms with Crippen LogP contribution in [-0.2, 0) is 4.74 Å². The zero-order chi connectivity index (χ0) is 9.68. The van der Waals surface area contributed by atoms with E-state index in [1.54, 1.807) is 0 Å². The number of ether oxygens (including phenoxy) is 1. The largest absolute Gasteiger partial charge is 0.392 e. The van der Waals surface area contributed by atoms with Gasteiger partial charge in [0.15, 0.2) is 0 Å². The maximum atomic E-state index is 9.52. The molecule has 1 heterocycles. The summed E-state index contributed by atoms with van der Waals surface area (Å²) in [7, 11) is 0. The fraction of sp³-hybridized carbons (Fsp3) is 1.00. The molecular formula is C10H20O2S. The van der Waals surface area contributed by atoms with Crippen LogP contribution in [0, 0.1) is 11.8 Å². The maximum Gasteiger partial charge on any atom is 0.0667 e. The molecule has 2 nitrogen and oxygen atoms in total. The molecule has 0 aliphatic carbocycles. The summed E-state index contributed by atoms with van der Waals surface area (Å²) in [5.41, 5.74) is 0. The summed E-state index contributed by atoms with van der Waals surface area (Å²) < 4.78 is 5.48. The van der Waals surface area contributed by atoms with Gasteiger partial charge in [0.25, 0.3) is 0 Å². The Morgan fingerprint density at radius 1 is 1.46 bits per heavy atom. The lowest BCUT2D eigenvalue weighted by Crippen LogP contribution is -2.19. The van der Waals surface area contributed by atoms with Crippen molar-refractivity contribution in [3.05, 3.63) is 0 Å². The highest BCUT2D eigenvalue weighted by Crippen LogP contribution is 2.26. The molecule has 0 radical (unpaired) electrons.